The molecule has 0 spiro atoms. The molecule has 2 atom stereocenters. The Kier molecular flexibility index (Phi) is 5.66. The highest BCUT2D eigenvalue weighted by molar-refractivity contribution is 5.38. The molecular weight excluding hydrogens is 326 g/mol. The largest absolute Gasteiger partial charge is 0.496 e. The van der Waals surface area contributed by atoms with E-state index in [2.05, 4.69) is 30.9 Å². The first-order valence-electron chi connectivity index (χ1n) is 9.26. The van der Waals surface area contributed by atoms with Crippen molar-refractivity contribution >= 4 is 0 Å². The number of likely N-dealkylation sites (tertiary alicyclic amines) is 1. The van der Waals surface area contributed by atoms with Crippen LogP contribution in [-0.4, -0.2) is 41.9 Å². The zero-order valence-electron chi connectivity index (χ0n) is 15.9. The molecule has 2 aromatic carbocycles. The zero-order valence-corrected chi connectivity index (χ0v) is 15.9. The molecule has 2 N–H and O–H groups in total. The van der Waals surface area contributed by atoms with Gasteiger partial charge < -0.3 is 14.9 Å². The number of aliphatic hydroxyl groups excluding tert-OH is 1. The normalized spacial score (nSPS) is 22.2. The average molecular weight is 355 g/mol. The lowest BCUT2D eigenvalue weighted by molar-refractivity contribution is -0.0474. The van der Waals surface area contributed by atoms with Crippen molar-refractivity contribution in [3.8, 4) is 5.75 Å². The summed E-state index contributed by atoms with van der Waals surface area (Å²) < 4.78 is 5.45. The summed E-state index contributed by atoms with van der Waals surface area (Å²) >= 11 is 0. The second-order valence-corrected chi connectivity index (χ2v) is 7.43. The lowest BCUT2D eigenvalue weighted by Gasteiger charge is -2.40. The molecule has 0 bridgehead atoms. The van der Waals surface area contributed by atoms with Gasteiger partial charge in [0.25, 0.3) is 0 Å². The Balaban J connectivity index is 1.74. The van der Waals surface area contributed by atoms with E-state index in [1.165, 1.54) is 11.1 Å². The smallest absolute Gasteiger partial charge is 0.124 e. The Bertz CT molecular complexity index is 761. The van der Waals surface area contributed by atoms with Gasteiger partial charge in [0.2, 0.25) is 0 Å². The topological polar surface area (TPSA) is 52.9 Å². The fourth-order valence-electron chi connectivity index (χ4n) is 3.85. The van der Waals surface area contributed by atoms with Crippen LogP contribution in [0.1, 0.15) is 41.2 Å². The van der Waals surface area contributed by atoms with Crippen LogP contribution in [0.15, 0.2) is 42.5 Å². The van der Waals surface area contributed by atoms with Crippen molar-refractivity contribution in [3.63, 3.8) is 0 Å². The average Bonchev–Trinajstić information content (AvgIpc) is 2.64. The van der Waals surface area contributed by atoms with Crippen LogP contribution >= 0.6 is 0 Å². The first-order chi connectivity index (χ1) is 12.4. The number of aliphatic hydroxyl groups is 2. The summed E-state index contributed by atoms with van der Waals surface area (Å²) in [6.07, 6.45) is 1.02. The number of hydrogen-bond donors (Lipinski definition) is 2. The predicted molar refractivity (Wildman–Crippen MR) is 103 cm³/mol. The SMILES string of the molecule is COc1ccccc1[C@@]1(O)CCCN(C[C@@H](O)c2ccc(C)c(C)c2)C1. The molecule has 3 rings (SSSR count). The van der Waals surface area contributed by atoms with Crippen LogP contribution in [0.2, 0.25) is 0 Å². The van der Waals surface area contributed by atoms with Crippen molar-refractivity contribution in [2.24, 2.45) is 0 Å². The van der Waals surface area contributed by atoms with Gasteiger partial charge in [-0.2, -0.15) is 0 Å². The van der Waals surface area contributed by atoms with E-state index in [1.54, 1.807) is 7.11 Å². The van der Waals surface area contributed by atoms with Crippen LogP contribution in [-0.2, 0) is 5.60 Å². The minimum atomic E-state index is -0.951. The van der Waals surface area contributed by atoms with E-state index >= 15 is 0 Å². The van der Waals surface area contributed by atoms with Gasteiger partial charge in [-0.25, -0.2) is 0 Å². The van der Waals surface area contributed by atoms with Crippen molar-refractivity contribution in [2.45, 2.75) is 38.4 Å². The van der Waals surface area contributed by atoms with E-state index in [0.717, 1.165) is 24.1 Å². The minimum Gasteiger partial charge on any atom is -0.496 e. The maximum absolute atomic E-state index is 11.3. The Hall–Kier alpha value is -1.88. The number of para-hydroxylation sites is 1. The first-order valence-corrected chi connectivity index (χ1v) is 9.26. The molecular formula is C22H29NO3. The number of ether oxygens (including phenoxy) is 1. The second kappa shape index (κ2) is 7.78. The van der Waals surface area contributed by atoms with Crippen molar-refractivity contribution < 1.29 is 14.9 Å². The fraction of sp³-hybridized carbons (Fsp3) is 0.455. The molecule has 4 nitrogen and oxygen atoms in total. The van der Waals surface area contributed by atoms with Crippen LogP contribution in [0.3, 0.4) is 0 Å². The Morgan fingerprint density at radius 1 is 1.15 bits per heavy atom. The van der Waals surface area contributed by atoms with E-state index in [0.29, 0.717) is 25.3 Å². The number of methoxy groups -OCH3 is 1. The van der Waals surface area contributed by atoms with Gasteiger partial charge in [0.05, 0.1) is 13.2 Å². The van der Waals surface area contributed by atoms with Crippen LogP contribution in [0, 0.1) is 13.8 Å². The zero-order chi connectivity index (χ0) is 18.7. The standard InChI is InChI=1S/C22H29NO3/c1-16-9-10-18(13-17(16)2)20(24)14-23-12-6-11-22(25,15-23)19-7-4-5-8-21(19)26-3/h4-5,7-10,13,20,24-25H,6,11-12,14-15H2,1-3H3/t20-,22-/m1/s1. The van der Waals surface area contributed by atoms with Gasteiger partial charge in [-0.3, -0.25) is 4.90 Å². The quantitative estimate of drug-likeness (QED) is 0.864. The predicted octanol–water partition coefficient (Wildman–Crippen LogP) is 3.33. The van der Waals surface area contributed by atoms with E-state index in [-0.39, 0.29) is 0 Å². The van der Waals surface area contributed by atoms with Crippen molar-refractivity contribution in [1.82, 2.24) is 4.90 Å². The van der Waals surface area contributed by atoms with Crippen LogP contribution in [0.25, 0.3) is 0 Å². The highest BCUT2D eigenvalue weighted by Gasteiger charge is 2.37. The lowest BCUT2D eigenvalue weighted by Crippen LogP contribution is -2.47. The number of rotatable bonds is 5. The van der Waals surface area contributed by atoms with Crippen molar-refractivity contribution in [2.75, 3.05) is 26.7 Å². The molecule has 140 valence electrons. The minimum absolute atomic E-state index is 0.495. The summed E-state index contributed by atoms with van der Waals surface area (Å²) in [4.78, 5) is 2.15. The molecule has 0 aliphatic carbocycles. The molecule has 1 saturated heterocycles. The van der Waals surface area contributed by atoms with Gasteiger partial charge in [0, 0.05) is 18.7 Å². The number of piperidine rings is 1. The van der Waals surface area contributed by atoms with Gasteiger partial charge in [0.1, 0.15) is 11.4 Å². The third-order valence-electron chi connectivity index (χ3n) is 5.51. The molecule has 0 amide bonds. The fourth-order valence-corrected chi connectivity index (χ4v) is 3.85. The second-order valence-electron chi connectivity index (χ2n) is 7.43. The molecule has 4 heteroatoms. The van der Waals surface area contributed by atoms with Crippen LogP contribution in [0.5, 0.6) is 5.75 Å². The highest BCUT2D eigenvalue weighted by atomic mass is 16.5. The maximum Gasteiger partial charge on any atom is 0.124 e. The summed E-state index contributed by atoms with van der Waals surface area (Å²) in [5.41, 5.74) is 3.22. The third-order valence-corrected chi connectivity index (χ3v) is 5.51. The monoisotopic (exact) mass is 355 g/mol. The Morgan fingerprint density at radius 2 is 1.92 bits per heavy atom. The van der Waals surface area contributed by atoms with Gasteiger partial charge in [-0.1, -0.05) is 36.4 Å². The number of hydrogen-bond acceptors (Lipinski definition) is 4. The number of nitrogens with zero attached hydrogens (tertiary/aromatic N) is 1. The van der Waals surface area contributed by atoms with Gasteiger partial charge in [0.15, 0.2) is 0 Å². The Morgan fingerprint density at radius 3 is 2.65 bits per heavy atom. The summed E-state index contributed by atoms with van der Waals surface area (Å²) in [6, 6.07) is 13.8. The summed E-state index contributed by atoms with van der Waals surface area (Å²) in [7, 11) is 1.63. The molecule has 1 heterocycles. The summed E-state index contributed by atoms with van der Waals surface area (Å²) in [6.45, 7) is 6.02. The molecule has 0 aromatic heterocycles. The Labute approximate surface area is 156 Å². The molecule has 1 aliphatic rings. The molecule has 0 saturated carbocycles. The van der Waals surface area contributed by atoms with Crippen LogP contribution in [0.4, 0.5) is 0 Å². The maximum atomic E-state index is 11.3. The molecule has 1 fully saturated rings. The molecule has 26 heavy (non-hydrogen) atoms. The molecule has 1 aliphatic heterocycles. The van der Waals surface area contributed by atoms with Crippen LogP contribution < -0.4 is 4.74 Å². The number of aryl methyl sites for hydroxylation is 2. The number of benzene rings is 2. The van der Waals surface area contributed by atoms with Gasteiger partial charge >= 0.3 is 0 Å². The highest BCUT2D eigenvalue weighted by Crippen LogP contribution is 2.37. The molecule has 0 radical (unpaired) electrons. The van der Waals surface area contributed by atoms with E-state index in [1.807, 2.05) is 30.3 Å². The van der Waals surface area contributed by atoms with E-state index in [4.69, 9.17) is 4.74 Å². The van der Waals surface area contributed by atoms with Crippen molar-refractivity contribution in [1.29, 1.82) is 0 Å². The third kappa shape index (κ3) is 3.93. The van der Waals surface area contributed by atoms with E-state index < -0.39 is 11.7 Å². The van der Waals surface area contributed by atoms with Gasteiger partial charge in [-0.05, 0) is 56.0 Å². The van der Waals surface area contributed by atoms with E-state index in [9.17, 15) is 10.2 Å². The molecule has 0 unspecified atom stereocenters. The summed E-state index contributed by atoms with van der Waals surface area (Å²) in [5, 5.41) is 22.0. The number of β-amino-alcohol motifs (C(OH)–C–C–N with tert-alkyl or cyclic N) is 2. The lowest BCUT2D eigenvalue weighted by atomic mass is 9.85. The van der Waals surface area contributed by atoms with Crippen molar-refractivity contribution in [3.05, 3.63) is 64.7 Å². The van der Waals surface area contributed by atoms with Gasteiger partial charge in [-0.15, -0.1) is 0 Å². The summed E-state index contributed by atoms with van der Waals surface area (Å²) in [5.74, 6) is 0.714. The molecule has 2 aromatic rings. The first kappa shape index (κ1) is 18.9.